The van der Waals surface area contributed by atoms with Gasteiger partial charge in [-0.1, -0.05) is 25.4 Å². The second-order valence-corrected chi connectivity index (χ2v) is 6.44. The van der Waals surface area contributed by atoms with Crippen LogP contribution in [0.15, 0.2) is 12.3 Å². The Morgan fingerprint density at radius 3 is 2.76 bits per heavy atom. The van der Waals surface area contributed by atoms with Crippen molar-refractivity contribution in [1.29, 1.82) is 0 Å². The summed E-state index contributed by atoms with van der Waals surface area (Å²) in [6.45, 7) is 5.87. The maximum absolute atomic E-state index is 12.5. The van der Waals surface area contributed by atoms with E-state index in [0.717, 1.165) is 31.6 Å². The maximum atomic E-state index is 12.5. The largest absolute Gasteiger partial charge is 0.417 e. The molecule has 2 rings (SSSR count). The number of piperidine rings is 1. The van der Waals surface area contributed by atoms with Gasteiger partial charge in [0.05, 0.1) is 10.6 Å². The Labute approximate surface area is 127 Å². The van der Waals surface area contributed by atoms with Crippen molar-refractivity contribution in [3.05, 3.63) is 22.8 Å². The number of rotatable bonds is 3. The van der Waals surface area contributed by atoms with Gasteiger partial charge in [-0.05, 0) is 30.9 Å². The molecule has 1 unspecified atom stereocenters. The number of halogens is 4. The molecule has 1 aromatic heterocycles. The van der Waals surface area contributed by atoms with Gasteiger partial charge >= 0.3 is 6.18 Å². The van der Waals surface area contributed by atoms with Gasteiger partial charge in [-0.25, -0.2) is 4.98 Å². The minimum Gasteiger partial charge on any atom is -0.367 e. The first-order chi connectivity index (χ1) is 9.70. The van der Waals surface area contributed by atoms with E-state index in [9.17, 15) is 13.2 Å². The number of anilines is 1. The van der Waals surface area contributed by atoms with Crippen LogP contribution in [0.5, 0.6) is 0 Å². The first-order valence-electron chi connectivity index (χ1n) is 6.90. The number of alkyl halides is 3. The number of hydrogen-bond donors (Lipinski definition) is 2. The summed E-state index contributed by atoms with van der Waals surface area (Å²) in [7, 11) is 0. The van der Waals surface area contributed by atoms with E-state index in [1.54, 1.807) is 0 Å². The van der Waals surface area contributed by atoms with E-state index >= 15 is 0 Å². The summed E-state index contributed by atoms with van der Waals surface area (Å²) < 4.78 is 37.6. The van der Waals surface area contributed by atoms with Crippen LogP contribution >= 0.6 is 11.6 Å². The second kappa shape index (κ2) is 6.01. The standard InChI is InChI=1S/C14H19ClF3N3/c1-13(2)4-3-5-19-11(13)8-21-12-10(15)6-9(7-20-12)14(16,17)18/h6-7,11,19H,3-5,8H2,1-2H3,(H,20,21). The van der Waals surface area contributed by atoms with Gasteiger partial charge in [-0.15, -0.1) is 0 Å². The molecule has 0 aliphatic carbocycles. The lowest BCUT2D eigenvalue weighted by Gasteiger charge is -2.39. The molecule has 1 aliphatic rings. The third-order valence-electron chi connectivity index (χ3n) is 3.97. The van der Waals surface area contributed by atoms with Gasteiger partial charge in [0.2, 0.25) is 0 Å². The van der Waals surface area contributed by atoms with Crippen LogP contribution in [0.4, 0.5) is 19.0 Å². The zero-order valence-electron chi connectivity index (χ0n) is 12.0. The predicted molar refractivity (Wildman–Crippen MR) is 77.5 cm³/mol. The van der Waals surface area contributed by atoms with Crippen molar-refractivity contribution in [1.82, 2.24) is 10.3 Å². The molecule has 118 valence electrons. The van der Waals surface area contributed by atoms with Crippen molar-refractivity contribution in [2.75, 3.05) is 18.4 Å². The monoisotopic (exact) mass is 321 g/mol. The number of nitrogens with one attached hydrogen (secondary N) is 2. The van der Waals surface area contributed by atoms with Crippen LogP contribution in [0.25, 0.3) is 0 Å². The molecule has 0 aromatic carbocycles. The fraction of sp³-hybridized carbons (Fsp3) is 0.643. The summed E-state index contributed by atoms with van der Waals surface area (Å²) in [6.07, 6.45) is -1.39. The lowest BCUT2D eigenvalue weighted by atomic mass is 9.77. The molecule has 1 aliphatic heterocycles. The van der Waals surface area contributed by atoms with Gasteiger partial charge in [-0.2, -0.15) is 13.2 Å². The minimum absolute atomic E-state index is 0.0153. The van der Waals surface area contributed by atoms with Crippen LogP contribution in [-0.2, 0) is 6.18 Å². The van der Waals surface area contributed by atoms with Gasteiger partial charge in [0, 0.05) is 18.8 Å². The van der Waals surface area contributed by atoms with Crippen molar-refractivity contribution in [2.24, 2.45) is 5.41 Å². The molecular formula is C14H19ClF3N3. The fourth-order valence-corrected chi connectivity index (χ4v) is 2.77. The zero-order valence-corrected chi connectivity index (χ0v) is 12.8. The molecule has 1 atom stereocenters. The molecule has 3 nitrogen and oxygen atoms in total. The van der Waals surface area contributed by atoms with Crippen molar-refractivity contribution in [3.63, 3.8) is 0 Å². The number of pyridine rings is 1. The quantitative estimate of drug-likeness (QED) is 0.885. The Morgan fingerprint density at radius 1 is 1.48 bits per heavy atom. The SMILES string of the molecule is CC1(C)CCCNC1CNc1ncc(C(F)(F)F)cc1Cl. The molecular weight excluding hydrogens is 303 g/mol. The van der Waals surface area contributed by atoms with Crippen molar-refractivity contribution < 1.29 is 13.2 Å². The van der Waals surface area contributed by atoms with Gasteiger partial charge in [0.25, 0.3) is 0 Å². The predicted octanol–water partition coefficient (Wildman–Crippen LogP) is 3.94. The highest BCUT2D eigenvalue weighted by molar-refractivity contribution is 6.32. The Morgan fingerprint density at radius 2 is 2.19 bits per heavy atom. The summed E-state index contributed by atoms with van der Waals surface area (Å²) in [6, 6.07) is 1.13. The summed E-state index contributed by atoms with van der Waals surface area (Å²) in [5.74, 6) is 0.285. The molecule has 1 fully saturated rings. The van der Waals surface area contributed by atoms with Crippen LogP contribution in [0.3, 0.4) is 0 Å². The molecule has 7 heteroatoms. The molecule has 1 saturated heterocycles. The fourth-order valence-electron chi connectivity index (χ4n) is 2.54. The van der Waals surface area contributed by atoms with E-state index < -0.39 is 11.7 Å². The van der Waals surface area contributed by atoms with Gasteiger partial charge in [-0.3, -0.25) is 0 Å². The smallest absolute Gasteiger partial charge is 0.367 e. The Kier molecular flexibility index (Phi) is 4.68. The van der Waals surface area contributed by atoms with E-state index in [0.29, 0.717) is 6.54 Å². The summed E-state index contributed by atoms with van der Waals surface area (Å²) in [5, 5.41) is 6.45. The topological polar surface area (TPSA) is 37.0 Å². The normalized spacial score (nSPS) is 22.1. The van der Waals surface area contributed by atoms with Crippen LogP contribution in [0.2, 0.25) is 5.02 Å². The molecule has 0 saturated carbocycles. The number of hydrogen-bond acceptors (Lipinski definition) is 3. The molecule has 0 spiro atoms. The van der Waals surface area contributed by atoms with Gasteiger partial charge in [0.1, 0.15) is 5.82 Å². The van der Waals surface area contributed by atoms with Crippen molar-refractivity contribution in [3.8, 4) is 0 Å². The minimum atomic E-state index is -4.43. The molecule has 2 N–H and O–H groups in total. The van der Waals surface area contributed by atoms with E-state index in [2.05, 4.69) is 29.5 Å². The van der Waals surface area contributed by atoms with Crippen LogP contribution in [0, 0.1) is 5.41 Å². The summed E-state index contributed by atoms with van der Waals surface area (Å²) in [4.78, 5) is 3.79. The number of aromatic nitrogens is 1. The highest BCUT2D eigenvalue weighted by atomic mass is 35.5. The summed E-state index contributed by atoms with van der Waals surface area (Å²) >= 11 is 5.88. The lowest BCUT2D eigenvalue weighted by molar-refractivity contribution is -0.137. The molecule has 0 radical (unpaired) electrons. The van der Waals surface area contributed by atoms with Crippen molar-refractivity contribution in [2.45, 2.75) is 38.9 Å². The van der Waals surface area contributed by atoms with Crippen LogP contribution < -0.4 is 10.6 Å². The van der Waals surface area contributed by atoms with Gasteiger partial charge < -0.3 is 10.6 Å². The van der Waals surface area contributed by atoms with Crippen LogP contribution in [-0.4, -0.2) is 24.1 Å². The Balaban J connectivity index is 2.03. The Hall–Kier alpha value is -1.01. The third-order valence-corrected chi connectivity index (χ3v) is 4.26. The van der Waals surface area contributed by atoms with E-state index in [1.807, 2.05) is 0 Å². The zero-order chi connectivity index (χ0) is 15.7. The molecule has 0 amide bonds. The molecule has 1 aromatic rings. The van der Waals surface area contributed by atoms with E-state index in [4.69, 9.17) is 11.6 Å². The number of nitrogens with zero attached hydrogens (tertiary/aromatic N) is 1. The molecule has 0 bridgehead atoms. The highest BCUT2D eigenvalue weighted by Crippen LogP contribution is 2.33. The average Bonchev–Trinajstić information content (AvgIpc) is 2.37. The van der Waals surface area contributed by atoms with E-state index in [1.165, 1.54) is 0 Å². The lowest BCUT2D eigenvalue weighted by Crippen LogP contribution is -2.50. The first kappa shape index (κ1) is 16.4. The summed E-state index contributed by atoms with van der Waals surface area (Å²) in [5.41, 5.74) is -0.710. The average molecular weight is 322 g/mol. The molecule has 2 heterocycles. The van der Waals surface area contributed by atoms with Crippen LogP contribution in [0.1, 0.15) is 32.3 Å². The first-order valence-corrected chi connectivity index (χ1v) is 7.28. The molecule has 21 heavy (non-hydrogen) atoms. The second-order valence-electron chi connectivity index (χ2n) is 6.03. The highest BCUT2D eigenvalue weighted by Gasteiger charge is 2.33. The maximum Gasteiger partial charge on any atom is 0.417 e. The van der Waals surface area contributed by atoms with Crippen molar-refractivity contribution >= 4 is 17.4 Å². The van der Waals surface area contributed by atoms with Gasteiger partial charge in [0.15, 0.2) is 0 Å². The van der Waals surface area contributed by atoms with E-state index in [-0.39, 0.29) is 22.3 Å². The third kappa shape index (κ3) is 4.01. The Bertz CT molecular complexity index is 503.